The number of rotatable bonds is 4. The summed E-state index contributed by atoms with van der Waals surface area (Å²) in [6.45, 7) is 3.90. The van der Waals surface area contributed by atoms with Gasteiger partial charge in [0.05, 0.1) is 6.54 Å². The van der Waals surface area contributed by atoms with Gasteiger partial charge in [0, 0.05) is 24.8 Å². The zero-order valence-corrected chi connectivity index (χ0v) is 10.7. The van der Waals surface area contributed by atoms with Crippen LogP contribution in [0.2, 0.25) is 0 Å². The van der Waals surface area contributed by atoms with E-state index in [4.69, 9.17) is 5.73 Å². The molecule has 7 heteroatoms. The first-order chi connectivity index (χ1) is 8.10. The molecule has 17 heavy (non-hydrogen) atoms. The van der Waals surface area contributed by atoms with Crippen LogP contribution in [0.4, 0.5) is 0 Å². The molecule has 2 rings (SSSR count). The molecule has 0 fully saturated rings. The largest absolute Gasteiger partial charge is 0.329 e. The predicted octanol–water partition coefficient (Wildman–Crippen LogP) is -0.150. The quantitative estimate of drug-likeness (QED) is 0.820. The Morgan fingerprint density at radius 1 is 1.59 bits per heavy atom. The SMILES string of the molecule is Cc1cc(=O)n2nc(CN(C)CCN)sc2n1. The first-order valence-electron chi connectivity index (χ1n) is 5.35. The van der Waals surface area contributed by atoms with E-state index in [0.29, 0.717) is 18.1 Å². The van der Waals surface area contributed by atoms with Gasteiger partial charge in [-0.3, -0.25) is 9.69 Å². The van der Waals surface area contributed by atoms with E-state index in [1.165, 1.54) is 21.9 Å². The molecule has 0 radical (unpaired) electrons. The number of aromatic nitrogens is 3. The van der Waals surface area contributed by atoms with E-state index >= 15 is 0 Å². The Morgan fingerprint density at radius 2 is 2.35 bits per heavy atom. The second kappa shape index (κ2) is 4.91. The van der Waals surface area contributed by atoms with Crippen LogP contribution in [-0.2, 0) is 6.54 Å². The molecule has 0 unspecified atom stereocenters. The van der Waals surface area contributed by atoms with E-state index in [-0.39, 0.29) is 5.56 Å². The summed E-state index contributed by atoms with van der Waals surface area (Å²) in [6, 6.07) is 1.49. The van der Waals surface area contributed by atoms with Crippen molar-refractivity contribution in [1.82, 2.24) is 19.5 Å². The summed E-state index contributed by atoms with van der Waals surface area (Å²) in [4.78, 5) is 18.7. The van der Waals surface area contributed by atoms with Gasteiger partial charge in [-0.25, -0.2) is 4.98 Å². The van der Waals surface area contributed by atoms with Crippen LogP contribution < -0.4 is 11.3 Å². The lowest BCUT2D eigenvalue weighted by Gasteiger charge is -2.12. The van der Waals surface area contributed by atoms with E-state index < -0.39 is 0 Å². The Bertz CT molecular complexity index is 576. The van der Waals surface area contributed by atoms with Gasteiger partial charge >= 0.3 is 0 Å². The van der Waals surface area contributed by atoms with Crippen LogP contribution in [-0.4, -0.2) is 39.6 Å². The first kappa shape index (κ1) is 12.2. The van der Waals surface area contributed by atoms with E-state index in [2.05, 4.69) is 15.0 Å². The van der Waals surface area contributed by atoms with Crippen LogP contribution in [0, 0.1) is 6.92 Å². The molecule has 0 spiro atoms. The third kappa shape index (κ3) is 2.68. The van der Waals surface area contributed by atoms with Gasteiger partial charge in [-0.15, -0.1) is 0 Å². The first-order valence-corrected chi connectivity index (χ1v) is 6.17. The highest BCUT2D eigenvalue weighted by Crippen LogP contribution is 2.12. The summed E-state index contributed by atoms with van der Waals surface area (Å²) < 4.78 is 1.35. The van der Waals surface area contributed by atoms with Crippen LogP contribution in [0.25, 0.3) is 4.96 Å². The summed E-state index contributed by atoms with van der Waals surface area (Å²) in [5, 5.41) is 5.12. The fourth-order valence-electron chi connectivity index (χ4n) is 1.55. The van der Waals surface area contributed by atoms with Crippen molar-refractivity contribution in [2.75, 3.05) is 20.1 Å². The second-order valence-corrected chi connectivity index (χ2v) is 4.99. The highest BCUT2D eigenvalue weighted by molar-refractivity contribution is 7.16. The highest BCUT2D eigenvalue weighted by atomic mass is 32.1. The predicted molar refractivity (Wildman–Crippen MR) is 67.3 cm³/mol. The average Bonchev–Trinajstić information content (AvgIpc) is 2.60. The molecule has 0 aromatic carbocycles. The van der Waals surface area contributed by atoms with Gasteiger partial charge in [0.1, 0.15) is 5.01 Å². The molecule has 2 aromatic heterocycles. The van der Waals surface area contributed by atoms with Crippen molar-refractivity contribution in [2.24, 2.45) is 5.73 Å². The van der Waals surface area contributed by atoms with Gasteiger partial charge in [0.15, 0.2) is 0 Å². The van der Waals surface area contributed by atoms with E-state index in [1.807, 2.05) is 7.05 Å². The van der Waals surface area contributed by atoms with Crippen molar-refractivity contribution in [3.8, 4) is 0 Å². The summed E-state index contributed by atoms with van der Waals surface area (Å²) in [5.74, 6) is 0. The molecule has 0 aliphatic heterocycles. The molecule has 0 saturated heterocycles. The maximum Gasteiger partial charge on any atom is 0.275 e. The molecule has 2 aromatic rings. The fourth-order valence-corrected chi connectivity index (χ4v) is 2.58. The van der Waals surface area contributed by atoms with Crippen molar-refractivity contribution in [3.05, 3.63) is 27.1 Å². The Labute approximate surface area is 103 Å². The molecule has 0 aliphatic rings. The topological polar surface area (TPSA) is 76.5 Å². The van der Waals surface area contributed by atoms with E-state index in [1.54, 1.807) is 6.92 Å². The van der Waals surface area contributed by atoms with Gasteiger partial charge < -0.3 is 5.73 Å². The third-order valence-electron chi connectivity index (χ3n) is 2.33. The van der Waals surface area contributed by atoms with Gasteiger partial charge in [0.25, 0.3) is 5.56 Å². The van der Waals surface area contributed by atoms with Crippen LogP contribution in [0.5, 0.6) is 0 Å². The summed E-state index contributed by atoms with van der Waals surface area (Å²) in [7, 11) is 1.97. The number of hydrogen-bond acceptors (Lipinski definition) is 6. The number of nitrogens with zero attached hydrogens (tertiary/aromatic N) is 4. The van der Waals surface area contributed by atoms with Gasteiger partial charge in [-0.05, 0) is 14.0 Å². The minimum Gasteiger partial charge on any atom is -0.329 e. The van der Waals surface area contributed by atoms with Crippen LogP contribution in [0.3, 0.4) is 0 Å². The minimum atomic E-state index is -0.128. The van der Waals surface area contributed by atoms with E-state index in [0.717, 1.165) is 17.2 Å². The van der Waals surface area contributed by atoms with E-state index in [9.17, 15) is 4.79 Å². The number of nitrogens with two attached hydrogens (primary N) is 1. The summed E-state index contributed by atoms with van der Waals surface area (Å²) in [5.41, 5.74) is 6.07. The van der Waals surface area contributed by atoms with Crippen molar-refractivity contribution < 1.29 is 0 Å². The van der Waals surface area contributed by atoms with Gasteiger partial charge in [-0.2, -0.15) is 9.61 Å². The zero-order valence-electron chi connectivity index (χ0n) is 9.88. The molecule has 2 heterocycles. The molecule has 0 bridgehead atoms. The maximum absolute atomic E-state index is 11.7. The Morgan fingerprint density at radius 3 is 3.06 bits per heavy atom. The molecule has 2 N–H and O–H groups in total. The van der Waals surface area contributed by atoms with Crippen LogP contribution in [0.1, 0.15) is 10.7 Å². The lowest BCUT2D eigenvalue weighted by molar-refractivity contribution is 0.334. The van der Waals surface area contributed by atoms with Crippen molar-refractivity contribution in [1.29, 1.82) is 0 Å². The number of likely N-dealkylation sites (N-methyl/N-ethyl adjacent to an activating group) is 1. The molecule has 0 amide bonds. The molecular formula is C10H15N5OS. The molecule has 6 nitrogen and oxygen atoms in total. The van der Waals surface area contributed by atoms with Crippen molar-refractivity contribution >= 4 is 16.3 Å². The average molecular weight is 253 g/mol. The molecule has 0 aliphatic carbocycles. The monoisotopic (exact) mass is 253 g/mol. The lowest BCUT2D eigenvalue weighted by Crippen LogP contribution is -2.25. The standard InChI is InChI=1S/C10H15N5OS/c1-7-5-9(16)15-10(12-7)17-8(13-15)6-14(2)4-3-11/h5H,3-4,6,11H2,1-2H3. The van der Waals surface area contributed by atoms with Crippen molar-refractivity contribution in [2.45, 2.75) is 13.5 Å². The Balaban J connectivity index is 2.32. The summed E-state index contributed by atoms with van der Waals surface area (Å²) in [6.07, 6.45) is 0. The molecule has 0 saturated carbocycles. The van der Waals surface area contributed by atoms with Crippen LogP contribution >= 0.6 is 11.3 Å². The number of aryl methyl sites for hydroxylation is 1. The minimum absolute atomic E-state index is 0.128. The molecular weight excluding hydrogens is 238 g/mol. The Kier molecular flexibility index (Phi) is 3.51. The van der Waals surface area contributed by atoms with Crippen LogP contribution in [0.15, 0.2) is 10.9 Å². The Hall–Kier alpha value is -1.31. The highest BCUT2D eigenvalue weighted by Gasteiger charge is 2.09. The third-order valence-corrected chi connectivity index (χ3v) is 3.22. The summed E-state index contributed by atoms with van der Waals surface area (Å²) >= 11 is 1.44. The number of fused-ring (bicyclic) bond motifs is 1. The van der Waals surface area contributed by atoms with Gasteiger partial charge in [-0.1, -0.05) is 11.3 Å². The van der Waals surface area contributed by atoms with Gasteiger partial charge in [0.2, 0.25) is 4.96 Å². The fraction of sp³-hybridized carbons (Fsp3) is 0.500. The van der Waals surface area contributed by atoms with Crippen molar-refractivity contribution in [3.63, 3.8) is 0 Å². The lowest BCUT2D eigenvalue weighted by atomic mass is 10.5. The molecule has 92 valence electrons. The zero-order chi connectivity index (χ0) is 12.4. The maximum atomic E-state index is 11.7. The smallest absolute Gasteiger partial charge is 0.275 e. The normalized spacial score (nSPS) is 11.5. The number of hydrogen-bond donors (Lipinski definition) is 1. The molecule has 0 atom stereocenters. The second-order valence-electron chi connectivity index (χ2n) is 3.95.